The van der Waals surface area contributed by atoms with Crippen molar-refractivity contribution in [3.8, 4) is 0 Å². The fourth-order valence-corrected chi connectivity index (χ4v) is 6.79. The first-order chi connectivity index (χ1) is 9.42. The van der Waals surface area contributed by atoms with Crippen LogP contribution in [0.25, 0.3) is 0 Å². The number of rotatable bonds is 4. The van der Waals surface area contributed by atoms with Crippen LogP contribution in [-0.4, -0.2) is 21.2 Å². The van der Waals surface area contributed by atoms with Crippen molar-refractivity contribution in [1.29, 1.82) is 0 Å². The molecule has 0 bridgehead atoms. The Morgan fingerprint density at radius 2 is 1.90 bits per heavy atom. The normalized spacial score (nSPS) is 30.1. The van der Waals surface area contributed by atoms with Gasteiger partial charge in [0.15, 0.2) is 0 Å². The van der Waals surface area contributed by atoms with Gasteiger partial charge in [-0.25, -0.2) is 0 Å². The Balaban J connectivity index is 2.17. The molecule has 1 nitrogen and oxygen atoms in total. The predicted octanol–water partition coefficient (Wildman–Crippen LogP) is 4.96. The molecule has 4 atom stereocenters. The Morgan fingerprint density at radius 1 is 1.25 bits per heavy atom. The van der Waals surface area contributed by atoms with Crippen molar-refractivity contribution in [3.05, 3.63) is 30.3 Å². The molecule has 0 radical (unpaired) electrons. The van der Waals surface area contributed by atoms with Crippen LogP contribution in [0.5, 0.6) is 0 Å². The van der Waals surface area contributed by atoms with Crippen molar-refractivity contribution in [2.24, 2.45) is 17.8 Å². The molecule has 1 aromatic rings. The van der Waals surface area contributed by atoms with E-state index in [0.29, 0.717) is 11.8 Å². The van der Waals surface area contributed by atoms with E-state index in [9.17, 15) is 0 Å². The summed E-state index contributed by atoms with van der Waals surface area (Å²) in [5, 5.41) is -1.02. The van der Waals surface area contributed by atoms with Gasteiger partial charge in [-0.1, -0.05) is 0 Å². The van der Waals surface area contributed by atoms with Gasteiger partial charge in [-0.2, -0.15) is 0 Å². The number of hydrogen-bond donors (Lipinski definition) is 0. The van der Waals surface area contributed by atoms with Crippen molar-refractivity contribution in [2.75, 3.05) is 0 Å². The molecule has 20 heavy (non-hydrogen) atoms. The molecule has 1 aliphatic carbocycles. The van der Waals surface area contributed by atoms with Gasteiger partial charge in [-0.15, -0.1) is 0 Å². The summed E-state index contributed by atoms with van der Waals surface area (Å²) in [5.74, 6) is 1.97. The molecular formula is C16H24ClOPSe. The first-order valence-electron chi connectivity index (χ1n) is 7.45. The van der Waals surface area contributed by atoms with E-state index in [1.165, 1.54) is 12.8 Å². The molecule has 1 saturated carbocycles. The van der Waals surface area contributed by atoms with E-state index in [1.54, 1.807) is 0 Å². The van der Waals surface area contributed by atoms with E-state index in [0.717, 1.165) is 17.6 Å². The Labute approximate surface area is 135 Å². The topological polar surface area (TPSA) is 9.23 Å². The molecule has 1 aromatic carbocycles. The Morgan fingerprint density at radius 3 is 2.50 bits per heavy atom. The van der Waals surface area contributed by atoms with Crippen LogP contribution in [0.1, 0.15) is 40.0 Å². The standard InChI is InChI=1S/C16H24ClOPSe/c1-12(2)16-13(3)8-7-11-15(16)18-19(17,20)14-9-5-4-6-10-14/h4-6,9-10,12-13,15-16H,7-8,11H2,1-3H3. The summed E-state index contributed by atoms with van der Waals surface area (Å²) in [6, 6.07) is 10.2. The Bertz CT molecular complexity index is 477. The van der Waals surface area contributed by atoms with Gasteiger partial charge >= 0.3 is 135 Å². The van der Waals surface area contributed by atoms with Crippen molar-refractivity contribution in [1.82, 2.24) is 0 Å². The molecule has 2 rings (SSSR count). The van der Waals surface area contributed by atoms with Gasteiger partial charge in [0.1, 0.15) is 0 Å². The van der Waals surface area contributed by atoms with Crippen LogP contribution in [-0.2, 0) is 4.52 Å². The minimum absolute atomic E-state index is 0.283. The van der Waals surface area contributed by atoms with Gasteiger partial charge in [-0.05, 0) is 0 Å². The third-order valence-corrected chi connectivity index (χ3v) is 8.49. The predicted molar refractivity (Wildman–Crippen MR) is 90.8 cm³/mol. The van der Waals surface area contributed by atoms with Gasteiger partial charge in [0.05, 0.1) is 0 Å². The molecular weight excluding hydrogens is 354 g/mol. The van der Waals surface area contributed by atoms with Crippen LogP contribution < -0.4 is 5.30 Å². The molecule has 0 aliphatic heterocycles. The summed E-state index contributed by atoms with van der Waals surface area (Å²) in [4.78, 5) is 0. The van der Waals surface area contributed by atoms with Gasteiger partial charge < -0.3 is 0 Å². The van der Waals surface area contributed by atoms with Gasteiger partial charge in [0.25, 0.3) is 0 Å². The molecule has 112 valence electrons. The van der Waals surface area contributed by atoms with Crippen LogP contribution in [0.3, 0.4) is 0 Å². The summed E-state index contributed by atoms with van der Waals surface area (Å²) in [7, 11) is 0. The summed E-state index contributed by atoms with van der Waals surface area (Å²) < 4.78 is 6.43. The Hall–Kier alpha value is 0.419. The molecule has 0 N–H and O–H groups in total. The van der Waals surface area contributed by atoms with Crippen LogP contribution in [0.15, 0.2) is 30.3 Å². The minimum atomic E-state index is -2.12. The molecule has 1 fully saturated rings. The second-order valence-electron chi connectivity index (χ2n) is 6.19. The molecule has 1 aliphatic rings. The summed E-state index contributed by atoms with van der Waals surface area (Å²) >= 11 is 9.89. The molecule has 0 saturated heterocycles. The van der Waals surface area contributed by atoms with Crippen molar-refractivity contribution in [3.63, 3.8) is 0 Å². The van der Waals surface area contributed by atoms with E-state index in [1.807, 2.05) is 18.2 Å². The van der Waals surface area contributed by atoms with Gasteiger partial charge in [0, 0.05) is 0 Å². The van der Waals surface area contributed by atoms with Crippen molar-refractivity contribution in [2.45, 2.75) is 46.1 Å². The fourth-order valence-electron chi connectivity index (χ4n) is 3.44. The monoisotopic (exact) mass is 378 g/mol. The van der Waals surface area contributed by atoms with E-state index >= 15 is 0 Å². The molecule has 4 heteroatoms. The summed E-state index contributed by atoms with van der Waals surface area (Å²) in [6.45, 7) is 6.97. The van der Waals surface area contributed by atoms with E-state index < -0.39 is 5.09 Å². The SMILES string of the molecule is CC(C)C1C(C)CCCC1OP(Cl)(=[Se])c1ccccc1. The van der Waals surface area contributed by atoms with Crippen LogP contribution in [0.4, 0.5) is 0 Å². The summed E-state index contributed by atoms with van der Waals surface area (Å²) in [6.07, 6.45) is 3.98. The third-order valence-electron chi connectivity index (χ3n) is 4.34. The zero-order valence-electron chi connectivity index (χ0n) is 12.5. The quantitative estimate of drug-likeness (QED) is 0.532. The zero-order chi connectivity index (χ0) is 14.8. The van der Waals surface area contributed by atoms with Crippen molar-refractivity contribution >= 4 is 36.7 Å². The third kappa shape index (κ3) is 3.99. The first-order valence-corrected chi connectivity index (χ1v) is 12.3. The number of benzene rings is 1. The average molecular weight is 378 g/mol. The zero-order valence-corrected chi connectivity index (χ0v) is 15.8. The molecule has 0 aromatic heterocycles. The first kappa shape index (κ1) is 16.8. The van der Waals surface area contributed by atoms with Crippen LogP contribution in [0.2, 0.25) is 0 Å². The van der Waals surface area contributed by atoms with Gasteiger partial charge in [0.2, 0.25) is 0 Å². The molecule has 4 unspecified atom stereocenters. The average Bonchev–Trinajstić information content (AvgIpc) is 2.39. The van der Waals surface area contributed by atoms with E-state index in [-0.39, 0.29) is 6.10 Å². The second kappa shape index (κ2) is 7.12. The number of halogens is 1. The van der Waals surface area contributed by atoms with Crippen LogP contribution >= 0.6 is 16.3 Å². The Kier molecular flexibility index (Phi) is 5.98. The number of hydrogen-bond acceptors (Lipinski definition) is 1. The maximum absolute atomic E-state index is 6.75. The fraction of sp³-hybridized carbons (Fsp3) is 0.625. The molecule has 0 amide bonds. The maximum atomic E-state index is 6.75. The second-order valence-corrected chi connectivity index (χ2v) is 13.9. The van der Waals surface area contributed by atoms with Crippen molar-refractivity contribution < 1.29 is 4.52 Å². The van der Waals surface area contributed by atoms with Crippen LogP contribution in [0, 0.1) is 17.8 Å². The molecule has 0 spiro atoms. The summed E-state index contributed by atoms with van der Waals surface area (Å²) in [5.41, 5.74) is 0. The molecule has 0 heterocycles. The van der Waals surface area contributed by atoms with E-state index in [4.69, 9.17) is 15.8 Å². The van der Waals surface area contributed by atoms with E-state index in [2.05, 4.69) is 48.0 Å². The van der Waals surface area contributed by atoms with Gasteiger partial charge in [-0.3, -0.25) is 0 Å².